The van der Waals surface area contributed by atoms with Crippen LogP contribution in [0.1, 0.15) is 54.4 Å². The minimum atomic E-state index is -0.467. The van der Waals surface area contributed by atoms with Crippen molar-refractivity contribution >= 4 is 57.7 Å². The van der Waals surface area contributed by atoms with Crippen molar-refractivity contribution in [2.24, 2.45) is 5.73 Å². The quantitative estimate of drug-likeness (QED) is 0.145. The van der Waals surface area contributed by atoms with Crippen LogP contribution >= 0.6 is 45.2 Å². The molecule has 39 heavy (non-hydrogen) atoms. The Labute approximate surface area is 258 Å². The topological polar surface area (TPSA) is 146 Å². The van der Waals surface area contributed by atoms with E-state index in [-0.39, 0.29) is 12.2 Å². The maximum Gasteiger partial charge on any atom is 0.407 e. The fourth-order valence-electron chi connectivity index (χ4n) is 1.79. The molecule has 0 spiro atoms. The number of carbonyl (C=O) groups excluding carboxylic acids is 2. The van der Waals surface area contributed by atoms with Gasteiger partial charge in [-0.3, -0.25) is 4.79 Å². The van der Waals surface area contributed by atoms with Gasteiger partial charge in [-0.15, -0.1) is 0 Å². The molecule has 0 saturated heterocycles. The van der Waals surface area contributed by atoms with Crippen molar-refractivity contribution < 1.29 is 33.3 Å². The summed E-state index contributed by atoms with van der Waals surface area (Å²) in [5, 5.41) is 10.7. The van der Waals surface area contributed by atoms with Crippen LogP contribution in [0.25, 0.3) is 0 Å². The fraction of sp³-hybridized carbons (Fsp3) is 0.538. The second kappa shape index (κ2) is 22.9. The van der Waals surface area contributed by atoms with Gasteiger partial charge in [-0.05, 0) is 124 Å². The Morgan fingerprint density at radius 3 is 1.95 bits per heavy atom. The highest BCUT2D eigenvalue weighted by Gasteiger charge is 2.15. The normalized spacial score (nSPS) is 10.2. The second-order valence-corrected chi connectivity index (χ2v) is 11.9. The lowest BCUT2D eigenvalue weighted by molar-refractivity contribution is -0.138. The molecule has 2 aromatic rings. The highest BCUT2D eigenvalue weighted by atomic mass is 127. The molecule has 1 amide bonds. The number of aromatic nitrogens is 2. The van der Waals surface area contributed by atoms with Gasteiger partial charge in [0.05, 0.1) is 6.61 Å². The van der Waals surface area contributed by atoms with E-state index in [2.05, 4.69) is 65.2 Å². The van der Waals surface area contributed by atoms with Crippen LogP contribution < -0.4 is 15.8 Å². The lowest BCUT2D eigenvalue weighted by Crippen LogP contribution is -2.33. The third-order valence-electron chi connectivity index (χ3n) is 3.39. The number of amides is 1. The Morgan fingerprint density at radius 1 is 1.03 bits per heavy atom. The van der Waals surface area contributed by atoms with E-state index in [0.717, 1.165) is 13.6 Å². The summed E-state index contributed by atoms with van der Waals surface area (Å²) < 4.78 is 29.1. The minimum absolute atomic E-state index is 0.219. The van der Waals surface area contributed by atoms with Crippen molar-refractivity contribution in [3.63, 3.8) is 0 Å². The highest BCUT2D eigenvalue weighted by Crippen LogP contribution is 2.09. The molecule has 13 heteroatoms. The molecule has 2 aromatic heterocycles. The van der Waals surface area contributed by atoms with E-state index < -0.39 is 17.6 Å². The number of ether oxygens (including phenoxy) is 3. The second-order valence-electron chi connectivity index (χ2n) is 9.44. The number of halogens is 3. The highest BCUT2D eigenvalue weighted by molar-refractivity contribution is 14.1. The van der Waals surface area contributed by atoms with Gasteiger partial charge in [-0.2, -0.15) is 4.39 Å². The van der Waals surface area contributed by atoms with E-state index >= 15 is 0 Å². The number of aliphatic hydroxyl groups is 1. The third-order valence-corrected chi connectivity index (χ3v) is 4.67. The molecule has 0 fully saturated rings. The number of pyridine rings is 2. The van der Waals surface area contributed by atoms with Gasteiger partial charge in [-0.25, -0.2) is 14.8 Å². The molecule has 10 nitrogen and oxygen atoms in total. The SMILES string of the molecule is CC(C)(C)OC(=O)NCCCOc1ccc(I)cn1.CC(C)(C)OC=O.Fc1ccc(I)cn1.NCCCO. The van der Waals surface area contributed by atoms with Crippen LogP contribution in [0.5, 0.6) is 5.88 Å². The lowest BCUT2D eigenvalue weighted by atomic mass is 10.2. The van der Waals surface area contributed by atoms with Crippen LogP contribution in [-0.2, 0) is 14.3 Å². The predicted molar refractivity (Wildman–Crippen MR) is 166 cm³/mol. The first kappa shape index (κ1) is 39.3. The van der Waals surface area contributed by atoms with Gasteiger partial charge in [-0.1, -0.05) is 0 Å². The van der Waals surface area contributed by atoms with Crippen LogP contribution in [0.3, 0.4) is 0 Å². The summed E-state index contributed by atoms with van der Waals surface area (Å²) in [4.78, 5) is 28.5. The van der Waals surface area contributed by atoms with Gasteiger partial charge in [0.25, 0.3) is 6.47 Å². The van der Waals surface area contributed by atoms with Crippen molar-refractivity contribution in [2.45, 2.75) is 65.6 Å². The largest absolute Gasteiger partial charge is 0.478 e. The van der Waals surface area contributed by atoms with E-state index in [4.69, 9.17) is 20.3 Å². The Bertz CT molecular complexity index is 870. The number of rotatable bonds is 8. The summed E-state index contributed by atoms with van der Waals surface area (Å²) >= 11 is 4.25. The van der Waals surface area contributed by atoms with Gasteiger partial charge < -0.3 is 30.4 Å². The van der Waals surface area contributed by atoms with Crippen molar-refractivity contribution in [1.29, 1.82) is 0 Å². The van der Waals surface area contributed by atoms with Gasteiger partial charge >= 0.3 is 6.09 Å². The molecule has 0 atom stereocenters. The number of hydrogen-bond donors (Lipinski definition) is 3. The van der Waals surface area contributed by atoms with Crippen LogP contribution in [-0.4, -0.2) is 65.1 Å². The van der Waals surface area contributed by atoms with Crippen molar-refractivity contribution in [3.05, 3.63) is 49.7 Å². The van der Waals surface area contributed by atoms with Gasteiger partial charge in [0, 0.05) is 38.8 Å². The summed E-state index contributed by atoms with van der Waals surface area (Å²) in [7, 11) is 0. The molecule has 0 bridgehead atoms. The number of hydrogen-bond acceptors (Lipinski definition) is 9. The Balaban J connectivity index is 0. The molecule has 0 saturated carbocycles. The molecule has 4 N–H and O–H groups in total. The maximum atomic E-state index is 12.0. The standard InChI is InChI=1S/C13H19IN2O3.C5H3FIN.C5H10O2.C3H9NO/c1-13(2,3)19-12(17)15-7-4-8-18-11-6-5-10(14)9-16-11;6-5-2-1-4(7)3-8-5;1-5(2,3)7-4-6;4-2-1-3-5/h5-6,9H,4,7-8H2,1-3H3,(H,15,17);1-3H;4H,1-3H3;5H,1-4H2. The van der Waals surface area contributed by atoms with Crippen molar-refractivity contribution in [1.82, 2.24) is 15.3 Å². The number of alkyl carbamates (subject to hydrolysis) is 1. The monoisotopic (exact) mass is 778 g/mol. The lowest BCUT2D eigenvalue weighted by Gasteiger charge is -2.19. The summed E-state index contributed by atoms with van der Waals surface area (Å²) in [6, 6.07) is 6.76. The van der Waals surface area contributed by atoms with E-state index in [1.54, 1.807) is 12.3 Å². The molecule has 2 heterocycles. The first-order valence-electron chi connectivity index (χ1n) is 12.0. The zero-order chi connectivity index (χ0) is 30.3. The Hall–Kier alpha value is -1.85. The van der Waals surface area contributed by atoms with E-state index in [1.165, 1.54) is 12.3 Å². The van der Waals surface area contributed by atoms with Crippen LogP contribution in [0.15, 0.2) is 36.7 Å². The smallest absolute Gasteiger partial charge is 0.407 e. The number of nitrogens with zero attached hydrogens (tertiary/aromatic N) is 2. The molecule has 0 aliphatic heterocycles. The maximum absolute atomic E-state index is 12.0. The fourth-order valence-corrected chi connectivity index (χ4v) is 2.43. The molecular weight excluding hydrogens is 737 g/mol. The van der Waals surface area contributed by atoms with Crippen LogP contribution in [0, 0.1) is 13.1 Å². The molecule has 0 radical (unpaired) electrons. The minimum Gasteiger partial charge on any atom is -0.478 e. The van der Waals surface area contributed by atoms with Crippen LogP contribution in [0.4, 0.5) is 9.18 Å². The molecular formula is C26H41FI2N4O6. The Kier molecular flexibility index (Phi) is 23.1. The summed E-state index contributed by atoms with van der Waals surface area (Å²) in [6.45, 7) is 13.2. The Morgan fingerprint density at radius 2 is 1.62 bits per heavy atom. The molecule has 0 aromatic carbocycles. The molecule has 0 aliphatic rings. The average Bonchev–Trinajstić information content (AvgIpc) is 2.82. The molecule has 2 rings (SSSR count). The van der Waals surface area contributed by atoms with E-state index in [9.17, 15) is 14.0 Å². The number of nitrogens with two attached hydrogens (primary N) is 1. The first-order chi connectivity index (χ1) is 18.1. The molecule has 0 aliphatic carbocycles. The van der Waals surface area contributed by atoms with E-state index in [1.807, 2.05) is 53.7 Å². The summed E-state index contributed by atoms with van der Waals surface area (Å²) in [5.41, 5.74) is 4.19. The molecule has 222 valence electrons. The zero-order valence-corrected chi connectivity index (χ0v) is 27.7. The van der Waals surface area contributed by atoms with Crippen molar-refractivity contribution in [2.75, 3.05) is 26.3 Å². The predicted octanol–water partition coefficient (Wildman–Crippen LogP) is 5.09. The summed E-state index contributed by atoms with van der Waals surface area (Å²) in [6.07, 6.45) is 4.25. The number of aliphatic hydroxyl groups excluding tert-OH is 1. The summed E-state index contributed by atoms with van der Waals surface area (Å²) in [5.74, 6) is 0.170. The molecule has 0 unspecified atom stereocenters. The zero-order valence-electron chi connectivity index (χ0n) is 23.4. The number of nitrogens with one attached hydrogen (secondary N) is 1. The van der Waals surface area contributed by atoms with E-state index in [0.29, 0.717) is 38.5 Å². The average molecular weight is 778 g/mol. The van der Waals surface area contributed by atoms with Gasteiger partial charge in [0.2, 0.25) is 11.8 Å². The van der Waals surface area contributed by atoms with Gasteiger partial charge in [0.1, 0.15) is 11.2 Å². The van der Waals surface area contributed by atoms with Gasteiger partial charge in [0.15, 0.2) is 0 Å². The van der Waals surface area contributed by atoms with Crippen molar-refractivity contribution in [3.8, 4) is 5.88 Å². The number of carbonyl (C=O) groups is 2. The first-order valence-corrected chi connectivity index (χ1v) is 14.2. The van der Waals surface area contributed by atoms with Crippen LogP contribution in [0.2, 0.25) is 0 Å². The third kappa shape index (κ3) is 30.5.